The summed E-state index contributed by atoms with van der Waals surface area (Å²) in [5.74, 6) is -0.0501. The molecule has 0 saturated heterocycles. The van der Waals surface area contributed by atoms with E-state index in [0.29, 0.717) is 17.7 Å². The number of benzene rings is 3. The fourth-order valence-corrected chi connectivity index (χ4v) is 4.25. The predicted octanol–water partition coefficient (Wildman–Crippen LogP) is 3.24. The molecule has 0 aliphatic heterocycles. The van der Waals surface area contributed by atoms with E-state index in [2.05, 4.69) is 0 Å². The van der Waals surface area contributed by atoms with E-state index in [0.717, 1.165) is 16.7 Å². The van der Waals surface area contributed by atoms with Gasteiger partial charge in [0, 0.05) is 31.0 Å². The molecule has 0 unspecified atom stereocenters. The number of nitrogens with one attached hydrogen (secondary N) is 1. The molecule has 0 atom stereocenters. The average Bonchev–Trinajstić information content (AvgIpc) is 2.74. The molecular weight excluding hydrogens is 410 g/mol. The van der Waals surface area contributed by atoms with Crippen LogP contribution in [0.1, 0.15) is 16.7 Å². The fraction of sp³-hybridized carbons (Fsp3) is 0.167. The van der Waals surface area contributed by atoms with E-state index in [1.807, 2.05) is 36.4 Å². The third-order valence-electron chi connectivity index (χ3n) is 4.99. The molecule has 3 rings (SSSR count). The van der Waals surface area contributed by atoms with E-state index < -0.39 is 9.84 Å². The van der Waals surface area contributed by atoms with Gasteiger partial charge in [0.05, 0.1) is 11.3 Å². The molecule has 0 heterocycles. The lowest BCUT2D eigenvalue weighted by atomic mass is 10.0. The zero-order chi connectivity index (χ0) is 22.6. The Hall–Kier alpha value is -3.45. The number of sulfone groups is 1. The van der Waals surface area contributed by atoms with Gasteiger partial charge in [-0.2, -0.15) is 0 Å². The number of likely N-dealkylation sites (N-methyl/N-ethyl adjacent to an activating group) is 1. The van der Waals surface area contributed by atoms with E-state index in [1.54, 1.807) is 48.3 Å². The first-order valence-corrected chi connectivity index (χ1v) is 11.6. The van der Waals surface area contributed by atoms with Gasteiger partial charge < -0.3 is 10.6 Å². The highest BCUT2D eigenvalue weighted by Gasteiger charge is 2.15. The van der Waals surface area contributed by atoms with Gasteiger partial charge >= 0.3 is 0 Å². The fourth-order valence-electron chi connectivity index (χ4n) is 3.34. The van der Waals surface area contributed by atoms with Crippen LogP contribution in [0.25, 0.3) is 11.1 Å². The number of nitrogen functional groups attached to an aromatic ring is 1. The molecule has 3 N–H and O–H groups in total. The molecule has 3 aromatic rings. The molecule has 0 aliphatic rings. The summed E-state index contributed by atoms with van der Waals surface area (Å²) in [4.78, 5) is 14.6. The largest absolute Gasteiger partial charge is 0.384 e. The van der Waals surface area contributed by atoms with Crippen LogP contribution < -0.4 is 5.73 Å². The highest BCUT2D eigenvalue weighted by molar-refractivity contribution is 7.90. The highest BCUT2D eigenvalue weighted by Crippen LogP contribution is 2.27. The van der Waals surface area contributed by atoms with Crippen molar-refractivity contribution in [3.8, 4) is 11.1 Å². The second kappa shape index (κ2) is 9.14. The summed E-state index contributed by atoms with van der Waals surface area (Å²) in [7, 11) is -1.61. The Morgan fingerprint density at radius 1 is 0.968 bits per heavy atom. The molecule has 0 aliphatic carbocycles. The van der Waals surface area contributed by atoms with Crippen molar-refractivity contribution in [1.29, 1.82) is 5.41 Å². The molecule has 160 valence electrons. The van der Waals surface area contributed by atoms with Gasteiger partial charge in [-0.1, -0.05) is 60.7 Å². The molecule has 1 amide bonds. The number of hydrogen-bond acceptors (Lipinski definition) is 4. The molecule has 0 aromatic heterocycles. The van der Waals surface area contributed by atoms with Gasteiger partial charge in [-0.05, 0) is 28.8 Å². The van der Waals surface area contributed by atoms with Crippen LogP contribution >= 0.6 is 0 Å². The normalized spacial score (nSPS) is 11.2. The number of carbonyl (C=O) groups excluding carboxylic acids is 1. The first-order valence-electron chi connectivity index (χ1n) is 9.71. The molecular formula is C24H25N3O3S. The van der Waals surface area contributed by atoms with Gasteiger partial charge in [0.1, 0.15) is 5.84 Å². The monoisotopic (exact) mass is 435 g/mol. The van der Waals surface area contributed by atoms with Crippen LogP contribution in [0.5, 0.6) is 0 Å². The van der Waals surface area contributed by atoms with Crippen molar-refractivity contribution in [2.75, 3.05) is 13.3 Å². The topological polar surface area (TPSA) is 104 Å². The van der Waals surface area contributed by atoms with Crippen LogP contribution in [0.15, 0.2) is 77.7 Å². The average molecular weight is 436 g/mol. The van der Waals surface area contributed by atoms with Gasteiger partial charge in [-0.15, -0.1) is 0 Å². The van der Waals surface area contributed by atoms with Gasteiger partial charge in [-0.25, -0.2) is 8.42 Å². The Kier molecular flexibility index (Phi) is 6.56. The van der Waals surface area contributed by atoms with E-state index in [-0.39, 0.29) is 23.1 Å². The van der Waals surface area contributed by atoms with E-state index in [4.69, 9.17) is 11.1 Å². The van der Waals surface area contributed by atoms with Crippen molar-refractivity contribution in [3.05, 3.63) is 89.5 Å². The van der Waals surface area contributed by atoms with Crippen LogP contribution in [0.4, 0.5) is 0 Å². The zero-order valence-corrected chi connectivity index (χ0v) is 18.3. The zero-order valence-electron chi connectivity index (χ0n) is 17.5. The first kappa shape index (κ1) is 22.2. The number of rotatable bonds is 7. The minimum atomic E-state index is -3.34. The summed E-state index contributed by atoms with van der Waals surface area (Å²) < 4.78 is 24.1. The van der Waals surface area contributed by atoms with E-state index in [1.165, 1.54) is 6.26 Å². The predicted molar refractivity (Wildman–Crippen MR) is 123 cm³/mol. The lowest BCUT2D eigenvalue weighted by Crippen LogP contribution is -2.27. The molecule has 6 nitrogen and oxygen atoms in total. The minimum absolute atomic E-state index is 0.00614. The number of amidine groups is 1. The third-order valence-corrected chi connectivity index (χ3v) is 6.15. The van der Waals surface area contributed by atoms with Crippen molar-refractivity contribution in [2.45, 2.75) is 17.9 Å². The third kappa shape index (κ3) is 5.58. The maximum atomic E-state index is 12.7. The standard InChI is InChI=1S/C24H25N3O3S/c1-27(16-18-6-5-7-20(14-18)24(25)26)23(28)15-17-10-12-19(13-11-17)21-8-3-4-9-22(21)31(2,29)30/h3-14H,15-16H2,1-2H3,(H3,25,26). The number of hydrogen-bond donors (Lipinski definition) is 2. The van der Waals surface area contributed by atoms with Crippen molar-refractivity contribution in [1.82, 2.24) is 4.90 Å². The van der Waals surface area contributed by atoms with Gasteiger partial charge in [0.15, 0.2) is 9.84 Å². The summed E-state index contributed by atoms with van der Waals surface area (Å²) in [6.07, 6.45) is 1.43. The van der Waals surface area contributed by atoms with Gasteiger partial charge in [-0.3, -0.25) is 10.2 Å². The summed E-state index contributed by atoms with van der Waals surface area (Å²) >= 11 is 0. The summed E-state index contributed by atoms with van der Waals surface area (Å²) in [5.41, 5.74) is 9.33. The number of carbonyl (C=O) groups is 1. The van der Waals surface area contributed by atoms with Gasteiger partial charge in [0.2, 0.25) is 5.91 Å². The Morgan fingerprint density at radius 2 is 1.65 bits per heavy atom. The molecule has 0 saturated carbocycles. The van der Waals surface area contributed by atoms with Crippen LogP contribution in [0, 0.1) is 5.41 Å². The van der Waals surface area contributed by atoms with Crippen LogP contribution in [-0.2, 0) is 27.6 Å². The molecule has 0 fully saturated rings. The number of nitrogens with zero attached hydrogens (tertiary/aromatic N) is 1. The lowest BCUT2D eigenvalue weighted by molar-refractivity contribution is -0.129. The number of nitrogens with two attached hydrogens (primary N) is 1. The van der Waals surface area contributed by atoms with Crippen molar-refractivity contribution in [3.63, 3.8) is 0 Å². The smallest absolute Gasteiger partial charge is 0.227 e. The van der Waals surface area contributed by atoms with E-state index >= 15 is 0 Å². The Labute approximate surface area is 182 Å². The van der Waals surface area contributed by atoms with Gasteiger partial charge in [0.25, 0.3) is 0 Å². The van der Waals surface area contributed by atoms with Crippen molar-refractivity contribution in [2.24, 2.45) is 5.73 Å². The molecule has 7 heteroatoms. The second-order valence-electron chi connectivity index (χ2n) is 7.51. The number of amides is 1. The van der Waals surface area contributed by atoms with Crippen molar-refractivity contribution >= 4 is 21.6 Å². The Morgan fingerprint density at radius 3 is 2.29 bits per heavy atom. The van der Waals surface area contributed by atoms with Crippen LogP contribution in [0.3, 0.4) is 0 Å². The molecule has 31 heavy (non-hydrogen) atoms. The molecule has 0 bridgehead atoms. The Bertz CT molecular complexity index is 1220. The Balaban J connectivity index is 1.71. The summed E-state index contributed by atoms with van der Waals surface area (Å²) in [6, 6.07) is 21.5. The minimum Gasteiger partial charge on any atom is -0.384 e. The quantitative estimate of drug-likeness (QED) is 0.439. The molecule has 0 spiro atoms. The maximum Gasteiger partial charge on any atom is 0.227 e. The molecule has 0 radical (unpaired) electrons. The van der Waals surface area contributed by atoms with Crippen molar-refractivity contribution < 1.29 is 13.2 Å². The maximum absolute atomic E-state index is 12.7. The molecule has 3 aromatic carbocycles. The summed E-state index contributed by atoms with van der Waals surface area (Å²) in [6.45, 7) is 0.416. The van der Waals surface area contributed by atoms with Crippen LogP contribution in [-0.4, -0.2) is 38.4 Å². The first-order chi connectivity index (χ1) is 14.6. The SMILES string of the molecule is CN(Cc1cccc(C(=N)N)c1)C(=O)Cc1ccc(-c2ccccc2S(C)(=O)=O)cc1. The lowest BCUT2D eigenvalue weighted by Gasteiger charge is -2.18. The summed E-state index contributed by atoms with van der Waals surface area (Å²) in [5, 5.41) is 7.54. The highest BCUT2D eigenvalue weighted by atomic mass is 32.2. The second-order valence-corrected chi connectivity index (χ2v) is 9.49. The van der Waals surface area contributed by atoms with E-state index in [9.17, 15) is 13.2 Å². The van der Waals surface area contributed by atoms with Crippen LogP contribution in [0.2, 0.25) is 0 Å².